The molecule has 116 valence electrons. The highest BCUT2D eigenvalue weighted by molar-refractivity contribution is 14.1. The van der Waals surface area contributed by atoms with Gasteiger partial charge in [0.05, 0.1) is 23.0 Å². The summed E-state index contributed by atoms with van der Waals surface area (Å²) in [4.78, 5) is 0. The van der Waals surface area contributed by atoms with Gasteiger partial charge in [-0.1, -0.05) is 0 Å². The van der Waals surface area contributed by atoms with Gasteiger partial charge in [-0.25, -0.2) is 0 Å². The van der Waals surface area contributed by atoms with Crippen LogP contribution in [0.15, 0.2) is 12.4 Å². The van der Waals surface area contributed by atoms with E-state index in [0.29, 0.717) is 13.2 Å². The average Bonchev–Trinajstić information content (AvgIpc) is 3.18. The molecule has 0 N–H and O–H groups in total. The van der Waals surface area contributed by atoms with Crippen molar-refractivity contribution in [2.75, 3.05) is 19.8 Å². The first-order valence-electron chi connectivity index (χ1n) is 7.51. The molecule has 21 heavy (non-hydrogen) atoms. The van der Waals surface area contributed by atoms with Crippen LogP contribution in [0.4, 0.5) is 0 Å². The normalized spacial score (nSPS) is 39.6. The molecule has 3 aliphatic heterocycles. The van der Waals surface area contributed by atoms with Crippen molar-refractivity contribution in [3.05, 3.63) is 16.0 Å². The Labute approximate surface area is 137 Å². The van der Waals surface area contributed by atoms with Crippen molar-refractivity contribution in [3.63, 3.8) is 0 Å². The summed E-state index contributed by atoms with van der Waals surface area (Å²) in [5.41, 5.74) is 0. The minimum atomic E-state index is -0.0978. The van der Waals surface area contributed by atoms with E-state index in [2.05, 4.69) is 27.7 Å². The van der Waals surface area contributed by atoms with E-state index in [9.17, 15) is 0 Å². The van der Waals surface area contributed by atoms with Gasteiger partial charge in [-0.05, 0) is 41.9 Å². The number of hydrogen-bond acceptors (Lipinski definition) is 5. The number of nitrogens with zero attached hydrogens (tertiary/aromatic N) is 2. The smallest absolute Gasteiger partial charge is 0.158 e. The Bertz CT molecular complexity index is 491. The first-order chi connectivity index (χ1) is 10.3. The van der Waals surface area contributed by atoms with Crippen LogP contribution in [0.3, 0.4) is 0 Å². The second-order valence-electron chi connectivity index (χ2n) is 5.77. The molecular weight excluding hydrogens is 387 g/mol. The third-order valence-corrected chi connectivity index (χ3v) is 4.91. The number of ether oxygens (including phenoxy) is 4. The largest absolute Gasteiger partial charge is 0.370 e. The zero-order chi connectivity index (χ0) is 14.2. The van der Waals surface area contributed by atoms with E-state index in [1.165, 1.54) is 6.42 Å². The number of fused-ring (bicyclic) bond motifs is 1. The summed E-state index contributed by atoms with van der Waals surface area (Å²) >= 11 is 2.26. The van der Waals surface area contributed by atoms with Gasteiger partial charge in [-0.3, -0.25) is 4.68 Å². The van der Waals surface area contributed by atoms with Crippen molar-refractivity contribution in [1.82, 2.24) is 9.78 Å². The zero-order valence-corrected chi connectivity index (χ0v) is 13.8. The molecule has 6 nitrogen and oxygen atoms in total. The van der Waals surface area contributed by atoms with Crippen LogP contribution in [-0.2, 0) is 18.9 Å². The lowest BCUT2D eigenvalue weighted by atomic mass is 10.1. The third kappa shape index (κ3) is 2.86. The van der Waals surface area contributed by atoms with Crippen molar-refractivity contribution >= 4 is 22.6 Å². The number of halogens is 1. The second-order valence-corrected chi connectivity index (χ2v) is 7.02. The second kappa shape index (κ2) is 6.11. The van der Waals surface area contributed by atoms with E-state index in [-0.39, 0.29) is 30.6 Å². The fraction of sp³-hybridized carbons (Fsp3) is 0.786. The van der Waals surface area contributed by atoms with E-state index in [1.807, 2.05) is 17.1 Å². The van der Waals surface area contributed by atoms with E-state index in [1.54, 1.807) is 0 Å². The molecule has 0 aromatic carbocycles. The molecule has 4 rings (SSSR count). The number of rotatable bonds is 3. The summed E-state index contributed by atoms with van der Waals surface area (Å²) < 4.78 is 26.7. The fourth-order valence-electron chi connectivity index (χ4n) is 3.30. The maximum absolute atomic E-state index is 6.05. The highest BCUT2D eigenvalue weighted by Crippen LogP contribution is 2.36. The van der Waals surface area contributed by atoms with Crippen LogP contribution >= 0.6 is 22.6 Å². The minimum absolute atomic E-state index is 0.0117. The molecule has 0 spiro atoms. The SMILES string of the molecule is Ic1cnn(C2CO[C@H]3[C@@H](OC4CCCCO4)CO[C@@H]23)c1. The van der Waals surface area contributed by atoms with Crippen molar-refractivity contribution in [1.29, 1.82) is 0 Å². The third-order valence-electron chi connectivity index (χ3n) is 4.36. The number of hydrogen-bond donors (Lipinski definition) is 0. The van der Waals surface area contributed by atoms with Gasteiger partial charge in [-0.15, -0.1) is 0 Å². The Hall–Kier alpha value is -0.220. The van der Waals surface area contributed by atoms with Crippen LogP contribution in [0.2, 0.25) is 0 Å². The van der Waals surface area contributed by atoms with E-state index in [4.69, 9.17) is 18.9 Å². The lowest BCUT2D eigenvalue weighted by Gasteiger charge is -2.27. The van der Waals surface area contributed by atoms with Crippen molar-refractivity contribution < 1.29 is 18.9 Å². The van der Waals surface area contributed by atoms with Crippen molar-refractivity contribution in [2.24, 2.45) is 0 Å². The molecule has 1 aromatic rings. The van der Waals surface area contributed by atoms with Gasteiger partial charge in [0.25, 0.3) is 0 Å². The van der Waals surface area contributed by atoms with Crippen LogP contribution in [0, 0.1) is 3.57 Å². The van der Waals surface area contributed by atoms with Gasteiger partial charge in [-0.2, -0.15) is 5.10 Å². The van der Waals surface area contributed by atoms with Gasteiger partial charge in [0.1, 0.15) is 24.4 Å². The Morgan fingerprint density at radius 1 is 1.19 bits per heavy atom. The zero-order valence-electron chi connectivity index (χ0n) is 11.7. The highest BCUT2D eigenvalue weighted by atomic mass is 127. The van der Waals surface area contributed by atoms with Crippen LogP contribution in [0.25, 0.3) is 0 Å². The molecule has 0 aliphatic carbocycles. The van der Waals surface area contributed by atoms with Gasteiger partial charge in [0.2, 0.25) is 0 Å². The Morgan fingerprint density at radius 3 is 2.86 bits per heavy atom. The lowest BCUT2D eigenvalue weighted by molar-refractivity contribution is -0.202. The van der Waals surface area contributed by atoms with Gasteiger partial charge >= 0.3 is 0 Å². The highest BCUT2D eigenvalue weighted by Gasteiger charge is 2.50. The maximum atomic E-state index is 6.05. The predicted octanol–water partition coefficient (Wildman–Crippen LogP) is 1.74. The first-order valence-corrected chi connectivity index (χ1v) is 8.59. The molecule has 3 saturated heterocycles. The summed E-state index contributed by atoms with van der Waals surface area (Å²) in [6.07, 6.45) is 7.03. The molecule has 3 fully saturated rings. The molecule has 0 amide bonds. The standard InChI is InChI=1S/C14H19IN2O4/c15-9-5-16-17(6-9)10-7-19-14-11(8-20-13(10)14)21-12-3-1-2-4-18-12/h5-6,10-14H,1-4,7-8H2/t10?,11-,12?,13-,14-/m0/s1. The molecular formula is C14H19IN2O4. The van der Waals surface area contributed by atoms with E-state index < -0.39 is 0 Å². The van der Waals surface area contributed by atoms with Gasteiger partial charge in [0, 0.05) is 12.8 Å². The molecule has 3 aliphatic rings. The summed E-state index contributed by atoms with van der Waals surface area (Å²) in [6, 6.07) is 0.138. The molecule has 5 atom stereocenters. The quantitative estimate of drug-likeness (QED) is 0.716. The summed E-state index contributed by atoms with van der Waals surface area (Å²) in [6.45, 7) is 1.99. The van der Waals surface area contributed by atoms with Crippen molar-refractivity contribution in [3.8, 4) is 0 Å². The summed E-state index contributed by atoms with van der Waals surface area (Å²) in [7, 11) is 0. The van der Waals surface area contributed by atoms with Crippen molar-refractivity contribution in [2.45, 2.75) is 49.9 Å². The van der Waals surface area contributed by atoms with Crippen LogP contribution in [-0.4, -0.2) is 54.2 Å². The minimum Gasteiger partial charge on any atom is -0.370 e. The van der Waals surface area contributed by atoms with Gasteiger partial charge in [0.15, 0.2) is 6.29 Å². The molecule has 0 bridgehead atoms. The van der Waals surface area contributed by atoms with Gasteiger partial charge < -0.3 is 18.9 Å². The number of aromatic nitrogens is 2. The fourth-order valence-corrected chi connectivity index (χ4v) is 3.71. The maximum Gasteiger partial charge on any atom is 0.158 e. The summed E-state index contributed by atoms with van der Waals surface area (Å²) in [5.74, 6) is 0. The van der Waals surface area contributed by atoms with E-state index >= 15 is 0 Å². The Morgan fingerprint density at radius 2 is 2.10 bits per heavy atom. The van der Waals surface area contributed by atoms with Crippen LogP contribution < -0.4 is 0 Å². The molecule has 4 heterocycles. The average molecular weight is 406 g/mol. The molecule has 0 saturated carbocycles. The Balaban J connectivity index is 1.41. The molecule has 2 unspecified atom stereocenters. The Kier molecular flexibility index (Phi) is 4.19. The predicted molar refractivity (Wildman–Crippen MR) is 81.9 cm³/mol. The molecule has 1 aromatic heterocycles. The lowest BCUT2D eigenvalue weighted by Crippen LogP contribution is -2.36. The molecule has 7 heteroatoms. The van der Waals surface area contributed by atoms with Crippen LogP contribution in [0.5, 0.6) is 0 Å². The van der Waals surface area contributed by atoms with E-state index in [0.717, 1.165) is 23.0 Å². The first kappa shape index (κ1) is 14.4. The van der Waals surface area contributed by atoms with Crippen LogP contribution in [0.1, 0.15) is 25.3 Å². The topological polar surface area (TPSA) is 54.7 Å². The monoisotopic (exact) mass is 406 g/mol. The molecule has 0 radical (unpaired) electrons. The summed E-state index contributed by atoms with van der Waals surface area (Å²) in [5, 5.41) is 4.38.